The van der Waals surface area contributed by atoms with E-state index in [2.05, 4.69) is 15.0 Å². The lowest BCUT2D eigenvalue weighted by Gasteiger charge is -2.39. The van der Waals surface area contributed by atoms with Crippen molar-refractivity contribution in [2.75, 3.05) is 17.2 Å². The first kappa shape index (κ1) is 29.6. The first-order chi connectivity index (χ1) is 20.2. The molecule has 1 aromatic carbocycles. The number of hydrogen-bond acceptors (Lipinski definition) is 9. The molecule has 2 fully saturated rings. The van der Waals surface area contributed by atoms with Crippen molar-refractivity contribution in [3.8, 4) is 5.88 Å². The van der Waals surface area contributed by atoms with Crippen molar-refractivity contribution in [2.24, 2.45) is 0 Å². The molecule has 2 saturated heterocycles. The molecular formula is C29H28ClF3N4O5S. The number of pyridine rings is 1. The van der Waals surface area contributed by atoms with Crippen LogP contribution in [0.2, 0.25) is 5.02 Å². The SMILES string of the molecule is CC(=O)[C@@H]1C[C@H](Oc2ncc(Cl)cc2[C@]2(F)CCS(=O)(=O)C(C)(C)C2)CN1c1nc(C(F)F)nc2c1oc1ccccc12. The summed E-state index contributed by atoms with van der Waals surface area (Å²) >= 11 is 6.20. The third-order valence-corrected chi connectivity index (χ3v) is 11.1. The summed E-state index contributed by atoms with van der Waals surface area (Å²) in [5.41, 5.74) is -1.32. The molecule has 0 N–H and O–H groups in total. The highest BCUT2D eigenvalue weighted by molar-refractivity contribution is 7.92. The van der Waals surface area contributed by atoms with Crippen molar-refractivity contribution < 1.29 is 35.5 Å². The van der Waals surface area contributed by atoms with E-state index in [1.165, 1.54) is 33.0 Å². The normalized spacial score (nSPS) is 25.1. The highest BCUT2D eigenvalue weighted by Crippen LogP contribution is 2.48. The zero-order valence-electron chi connectivity index (χ0n) is 23.5. The fourth-order valence-electron chi connectivity index (χ4n) is 6.06. The van der Waals surface area contributed by atoms with Crippen LogP contribution < -0.4 is 9.64 Å². The first-order valence-corrected chi connectivity index (χ1v) is 15.7. The second-order valence-electron chi connectivity index (χ2n) is 11.7. The van der Waals surface area contributed by atoms with Gasteiger partial charge in [0.05, 0.1) is 33.7 Å². The average Bonchev–Trinajstić information content (AvgIpc) is 3.53. The maximum Gasteiger partial charge on any atom is 0.297 e. The van der Waals surface area contributed by atoms with E-state index < -0.39 is 44.6 Å². The van der Waals surface area contributed by atoms with Gasteiger partial charge in [0, 0.05) is 24.4 Å². The number of ketones is 1. The molecule has 3 atom stereocenters. The Labute approximate surface area is 250 Å². The van der Waals surface area contributed by atoms with Crippen molar-refractivity contribution >= 4 is 55.1 Å². The second kappa shape index (κ2) is 10.3. The molecule has 0 spiro atoms. The number of Topliss-reactive ketones (excluding diaryl/α,β-unsaturated/α-hetero) is 1. The van der Waals surface area contributed by atoms with E-state index in [0.717, 1.165) is 0 Å². The number of carbonyl (C=O) groups is 1. The summed E-state index contributed by atoms with van der Waals surface area (Å²) in [6.45, 7) is 4.35. The lowest BCUT2D eigenvalue weighted by atomic mass is 9.84. The van der Waals surface area contributed by atoms with Gasteiger partial charge in [-0.3, -0.25) is 4.79 Å². The molecule has 2 aliphatic rings. The van der Waals surface area contributed by atoms with Gasteiger partial charge in [0.25, 0.3) is 6.43 Å². The molecule has 0 unspecified atom stereocenters. The van der Waals surface area contributed by atoms with Gasteiger partial charge in [-0.05, 0) is 45.4 Å². The molecule has 2 aliphatic heterocycles. The monoisotopic (exact) mass is 636 g/mol. The van der Waals surface area contributed by atoms with Gasteiger partial charge < -0.3 is 14.1 Å². The van der Waals surface area contributed by atoms with Gasteiger partial charge >= 0.3 is 0 Å². The minimum Gasteiger partial charge on any atom is -0.472 e. The van der Waals surface area contributed by atoms with Gasteiger partial charge in [0.1, 0.15) is 22.9 Å². The summed E-state index contributed by atoms with van der Waals surface area (Å²) in [6.07, 6.45) is -2.93. The Hall–Kier alpha value is -3.45. The molecule has 0 amide bonds. The average molecular weight is 637 g/mol. The Morgan fingerprint density at radius 1 is 1.23 bits per heavy atom. The van der Waals surface area contributed by atoms with Crippen molar-refractivity contribution in [3.63, 3.8) is 0 Å². The molecule has 5 heterocycles. The lowest BCUT2D eigenvalue weighted by Crippen LogP contribution is -2.47. The molecule has 9 nitrogen and oxygen atoms in total. The molecular weight excluding hydrogens is 609 g/mol. The van der Waals surface area contributed by atoms with Crippen LogP contribution in [-0.2, 0) is 20.3 Å². The summed E-state index contributed by atoms with van der Waals surface area (Å²) in [7, 11) is -3.53. The molecule has 0 radical (unpaired) electrons. The van der Waals surface area contributed by atoms with Gasteiger partial charge in [-0.15, -0.1) is 0 Å². The van der Waals surface area contributed by atoms with Crippen LogP contribution >= 0.6 is 11.6 Å². The summed E-state index contributed by atoms with van der Waals surface area (Å²) in [6, 6.07) is 7.40. The van der Waals surface area contributed by atoms with E-state index in [9.17, 15) is 22.0 Å². The Balaban J connectivity index is 1.38. The third kappa shape index (κ3) is 5.09. The van der Waals surface area contributed by atoms with Gasteiger partial charge in [-0.2, -0.15) is 0 Å². The highest BCUT2D eigenvalue weighted by Gasteiger charge is 2.52. The number of sulfone groups is 1. The number of nitrogens with zero attached hydrogens (tertiary/aromatic N) is 4. The van der Waals surface area contributed by atoms with E-state index in [1.807, 2.05) is 0 Å². The van der Waals surface area contributed by atoms with E-state index in [4.69, 9.17) is 20.8 Å². The Morgan fingerprint density at radius 3 is 2.67 bits per heavy atom. The number of benzene rings is 1. The van der Waals surface area contributed by atoms with E-state index >= 15 is 4.39 Å². The number of aromatic nitrogens is 3. The Bertz CT molecular complexity index is 1870. The number of rotatable bonds is 6. The molecule has 0 saturated carbocycles. The van der Waals surface area contributed by atoms with Crippen LogP contribution in [0.25, 0.3) is 22.1 Å². The van der Waals surface area contributed by atoms with Crippen molar-refractivity contribution in [1.82, 2.24) is 15.0 Å². The summed E-state index contributed by atoms with van der Waals surface area (Å²) in [4.78, 5) is 26.8. The molecule has 0 aliphatic carbocycles. The van der Waals surface area contributed by atoms with Gasteiger partial charge in [-0.1, -0.05) is 23.7 Å². The van der Waals surface area contributed by atoms with Crippen molar-refractivity contribution in [1.29, 1.82) is 0 Å². The predicted octanol–water partition coefficient (Wildman–Crippen LogP) is 6.13. The van der Waals surface area contributed by atoms with Crippen molar-refractivity contribution in [3.05, 3.63) is 52.9 Å². The first-order valence-electron chi connectivity index (χ1n) is 13.7. The number of anilines is 1. The van der Waals surface area contributed by atoms with Crippen LogP contribution in [0.5, 0.6) is 5.88 Å². The topological polar surface area (TPSA) is 115 Å². The van der Waals surface area contributed by atoms with Crippen LogP contribution in [-0.4, -0.2) is 58.3 Å². The Kier molecular flexibility index (Phi) is 7.11. The maximum absolute atomic E-state index is 16.6. The quantitative estimate of drug-likeness (QED) is 0.246. The van der Waals surface area contributed by atoms with E-state index in [0.29, 0.717) is 11.0 Å². The minimum atomic E-state index is -3.53. The zero-order valence-corrected chi connectivity index (χ0v) is 25.1. The highest BCUT2D eigenvalue weighted by atomic mass is 35.5. The van der Waals surface area contributed by atoms with Crippen LogP contribution in [0.15, 0.2) is 40.9 Å². The molecule has 4 aromatic rings. The molecule has 43 heavy (non-hydrogen) atoms. The van der Waals surface area contributed by atoms with E-state index in [-0.39, 0.29) is 70.7 Å². The predicted molar refractivity (Wildman–Crippen MR) is 154 cm³/mol. The Morgan fingerprint density at radius 2 is 1.98 bits per heavy atom. The number of ether oxygens (including phenoxy) is 1. The van der Waals surface area contributed by atoms with Crippen LogP contribution in [0, 0.1) is 0 Å². The van der Waals surface area contributed by atoms with Crippen LogP contribution in [0.4, 0.5) is 19.0 Å². The smallest absolute Gasteiger partial charge is 0.297 e. The molecule has 14 heteroatoms. The standard InChI is InChI=1S/C29H28ClF3N4O5S/c1-15(38)20-11-17(41-27-19(10-16(30)12-34-27)29(33)8-9-43(39,40)28(2,3)14-29)13-37(20)26-23-22(35-25(36-26)24(31)32)18-6-4-5-7-21(18)42-23/h4-7,10,12,17,20,24H,8-9,11,13-14H2,1-3H3/t17-,20-,29-/m0/s1. The van der Waals surface area contributed by atoms with Gasteiger partial charge in [-0.25, -0.2) is 36.5 Å². The maximum atomic E-state index is 16.6. The molecule has 3 aromatic heterocycles. The van der Waals surface area contributed by atoms with Gasteiger partial charge in [0.2, 0.25) is 5.88 Å². The summed E-state index contributed by atoms with van der Waals surface area (Å²) in [5.74, 6) is -1.40. The number of hydrogen-bond donors (Lipinski definition) is 0. The fourth-order valence-corrected chi connectivity index (χ4v) is 7.81. The number of alkyl halides is 3. The second-order valence-corrected chi connectivity index (χ2v) is 14.9. The molecule has 0 bridgehead atoms. The summed E-state index contributed by atoms with van der Waals surface area (Å²) < 4.78 is 80.5. The fraction of sp³-hybridized carbons (Fsp3) is 0.448. The van der Waals surface area contributed by atoms with Crippen LogP contribution in [0.3, 0.4) is 0 Å². The van der Waals surface area contributed by atoms with Gasteiger partial charge in [0.15, 0.2) is 32.8 Å². The third-order valence-electron chi connectivity index (χ3n) is 8.31. The van der Waals surface area contributed by atoms with Crippen LogP contribution in [0.1, 0.15) is 57.8 Å². The lowest BCUT2D eigenvalue weighted by molar-refractivity contribution is -0.118. The number of fused-ring (bicyclic) bond motifs is 3. The zero-order chi connectivity index (χ0) is 30.9. The van der Waals surface area contributed by atoms with E-state index in [1.54, 1.807) is 29.2 Å². The number of carbonyl (C=O) groups excluding carboxylic acids is 1. The minimum absolute atomic E-state index is 0.0129. The largest absolute Gasteiger partial charge is 0.472 e. The molecule has 228 valence electrons. The number of furan rings is 1. The number of halogens is 4. The summed E-state index contributed by atoms with van der Waals surface area (Å²) in [5, 5.41) is 0.670. The molecule has 6 rings (SSSR count). The number of para-hydroxylation sites is 1. The van der Waals surface area contributed by atoms with Crippen molar-refractivity contribution in [2.45, 2.75) is 69.0 Å².